The normalized spacial score (nSPS) is 11.9. The Morgan fingerprint density at radius 2 is 1.85 bits per heavy atom. The summed E-state index contributed by atoms with van der Waals surface area (Å²) in [5.74, 6) is -1.90. The molecule has 0 bridgehead atoms. The Morgan fingerprint density at radius 1 is 1.15 bits per heavy atom. The van der Waals surface area contributed by atoms with Gasteiger partial charge in [-0.15, -0.1) is 0 Å². The van der Waals surface area contributed by atoms with E-state index in [0.717, 1.165) is 12.1 Å². The topological polar surface area (TPSA) is 55.2 Å². The maximum atomic E-state index is 13.1. The standard InChI is InChI=1S/C14H12F2N2O2/c1-9(11-4-2-3-5-14(11)18(19)20)17-10-6-7-12(15)13(16)8-10/h2-9,17H,1H3. The third-order valence-electron chi connectivity index (χ3n) is 2.90. The molecule has 6 heteroatoms. The van der Waals surface area contributed by atoms with E-state index in [2.05, 4.69) is 5.32 Å². The summed E-state index contributed by atoms with van der Waals surface area (Å²) in [4.78, 5) is 10.5. The van der Waals surface area contributed by atoms with Crippen molar-refractivity contribution in [3.63, 3.8) is 0 Å². The molecule has 0 fully saturated rings. The maximum Gasteiger partial charge on any atom is 0.274 e. The average molecular weight is 278 g/mol. The molecule has 4 nitrogen and oxygen atoms in total. The highest BCUT2D eigenvalue weighted by molar-refractivity contribution is 5.49. The van der Waals surface area contributed by atoms with Crippen LogP contribution in [0.2, 0.25) is 0 Å². The molecule has 0 aliphatic heterocycles. The Hall–Kier alpha value is -2.50. The average Bonchev–Trinajstić information content (AvgIpc) is 2.43. The van der Waals surface area contributed by atoms with Crippen molar-refractivity contribution in [2.24, 2.45) is 0 Å². The predicted octanol–water partition coefficient (Wildman–Crippen LogP) is 4.05. The number of halogens is 2. The van der Waals surface area contributed by atoms with Gasteiger partial charge < -0.3 is 5.32 Å². The fourth-order valence-electron chi connectivity index (χ4n) is 1.93. The summed E-state index contributed by atoms with van der Waals surface area (Å²) >= 11 is 0. The molecule has 104 valence electrons. The summed E-state index contributed by atoms with van der Waals surface area (Å²) in [6.45, 7) is 1.71. The van der Waals surface area contributed by atoms with Crippen molar-refractivity contribution in [1.82, 2.24) is 0 Å². The molecule has 0 radical (unpaired) electrons. The first kappa shape index (κ1) is 13.9. The summed E-state index contributed by atoms with van der Waals surface area (Å²) in [6.07, 6.45) is 0. The monoisotopic (exact) mass is 278 g/mol. The van der Waals surface area contributed by atoms with Gasteiger partial charge in [0.15, 0.2) is 11.6 Å². The molecule has 2 rings (SSSR count). The van der Waals surface area contributed by atoms with Crippen LogP contribution < -0.4 is 5.32 Å². The van der Waals surface area contributed by atoms with Gasteiger partial charge in [0.2, 0.25) is 0 Å². The van der Waals surface area contributed by atoms with Crippen LogP contribution in [0.5, 0.6) is 0 Å². The van der Waals surface area contributed by atoms with Gasteiger partial charge in [-0.2, -0.15) is 0 Å². The first-order valence-electron chi connectivity index (χ1n) is 5.94. The van der Waals surface area contributed by atoms with Crippen molar-refractivity contribution < 1.29 is 13.7 Å². The van der Waals surface area contributed by atoms with Crippen LogP contribution in [0.25, 0.3) is 0 Å². The number of hydrogen-bond donors (Lipinski definition) is 1. The van der Waals surface area contributed by atoms with Gasteiger partial charge >= 0.3 is 0 Å². The summed E-state index contributed by atoms with van der Waals surface area (Å²) in [6, 6.07) is 9.27. The van der Waals surface area contributed by atoms with Crippen LogP contribution >= 0.6 is 0 Å². The van der Waals surface area contributed by atoms with Crippen molar-refractivity contribution in [1.29, 1.82) is 0 Å². The van der Waals surface area contributed by atoms with Crippen LogP contribution in [0, 0.1) is 21.7 Å². The van der Waals surface area contributed by atoms with Gasteiger partial charge in [0.1, 0.15) is 0 Å². The summed E-state index contributed by atoms with van der Waals surface area (Å²) in [5, 5.41) is 13.9. The smallest absolute Gasteiger partial charge is 0.274 e. The van der Waals surface area contributed by atoms with Crippen molar-refractivity contribution in [3.05, 3.63) is 69.8 Å². The number of nitrogens with zero attached hydrogens (tertiary/aromatic N) is 1. The van der Waals surface area contributed by atoms with E-state index in [0.29, 0.717) is 11.3 Å². The predicted molar refractivity (Wildman–Crippen MR) is 71.5 cm³/mol. The molecular weight excluding hydrogens is 266 g/mol. The number of nitro benzene ring substituents is 1. The van der Waals surface area contributed by atoms with Crippen LogP contribution in [0.4, 0.5) is 20.2 Å². The molecule has 20 heavy (non-hydrogen) atoms. The molecular formula is C14H12F2N2O2. The molecule has 1 N–H and O–H groups in total. The summed E-state index contributed by atoms with van der Waals surface area (Å²) < 4.78 is 26.0. The second-order valence-corrected chi connectivity index (χ2v) is 4.31. The van der Waals surface area contributed by atoms with Crippen molar-refractivity contribution >= 4 is 11.4 Å². The molecule has 0 saturated heterocycles. The van der Waals surface area contributed by atoms with Gasteiger partial charge in [-0.05, 0) is 19.1 Å². The number of nitrogens with one attached hydrogen (secondary N) is 1. The minimum atomic E-state index is -0.968. The number of rotatable bonds is 4. The molecule has 2 aromatic rings. The van der Waals surface area contributed by atoms with Gasteiger partial charge in [0.25, 0.3) is 5.69 Å². The van der Waals surface area contributed by atoms with E-state index in [4.69, 9.17) is 0 Å². The number of benzene rings is 2. The zero-order chi connectivity index (χ0) is 14.7. The van der Waals surface area contributed by atoms with Gasteiger partial charge in [0, 0.05) is 17.8 Å². The highest BCUT2D eigenvalue weighted by atomic mass is 19.2. The number of anilines is 1. The van der Waals surface area contributed by atoms with E-state index in [1.54, 1.807) is 25.1 Å². The fraction of sp³-hybridized carbons (Fsp3) is 0.143. The fourth-order valence-corrected chi connectivity index (χ4v) is 1.93. The second kappa shape index (κ2) is 5.64. The molecule has 0 spiro atoms. The Kier molecular flexibility index (Phi) is 3.93. The molecule has 2 aromatic carbocycles. The molecule has 1 unspecified atom stereocenters. The van der Waals surface area contributed by atoms with E-state index in [-0.39, 0.29) is 5.69 Å². The lowest BCUT2D eigenvalue weighted by molar-refractivity contribution is -0.385. The lowest BCUT2D eigenvalue weighted by Gasteiger charge is -2.15. The quantitative estimate of drug-likeness (QED) is 0.678. The number of hydrogen-bond acceptors (Lipinski definition) is 3. The molecule has 0 aliphatic carbocycles. The van der Waals surface area contributed by atoms with Crippen molar-refractivity contribution in [2.45, 2.75) is 13.0 Å². The zero-order valence-corrected chi connectivity index (χ0v) is 10.6. The van der Waals surface area contributed by atoms with E-state index in [1.165, 1.54) is 12.1 Å². The first-order valence-corrected chi connectivity index (χ1v) is 5.94. The van der Waals surface area contributed by atoms with E-state index in [9.17, 15) is 18.9 Å². The minimum absolute atomic E-state index is 0.0184. The Labute approximate surface area is 114 Å². The summed E-state index contributed by atoms with van der Waals surface area (Å²) in [7, 11) is 0. The van der Waals surface area contributed by atoms with Crippen LogP contribution in [-0.2, 0) is 0 Å². The van der Waals surface area contributed by atoms with Gasteiger partial charge in [-0.3, -0.25) is 10.1 Å². The molecule has 0 aromatic heterocycles. The first-order chi connectivity index (χ1) is 9.49. The third kappa shape index (κ3) is 2.90. The highest BCUT2D eigenvalue weighted by Gasteiger charge is 2.18. The molecule has 0 heterocycles. The van der Waals surface area contributed by atoms with E-state index < -0.39 is 22.6 Å². The van der Waals surface area contributed by atoms with Crippen LogP contribution in [0.1, 0.15) is 18.5 Å². The Balaban J connectivity index is 2.26. The largest absolute Gasteiger partial charge is 0.378 e. The van der Waals surface area contributed by atoms with Crippen molar-refractivity contribution in [2.75, 3.05) is 5.32 Å². The highest BCUT2D eigenvalue weighted by Crippen LogP contribution is 2.27. The molecule has 0 amide bonds. The van der Waals surface area contributed by atoms with Crippen LogP contribution in [0.15, 0.2) is 42.5 Å². The van der Waals surface area contributed by atoms with Crippen LogP contribution in [-0.4, -0.2) is 4.92 Å². The maximum absolute atomic E-state index is 13.1. The minimum Gasteiger partial charge on any atom is -0.378 e. The van der Waals surface area contributed by atoms with Crippen molar-refractivity contribution in [3.8, 4) is 0 Å². The third-order valence-corrected chi connectivity index (χ3v) is 2.90. The van der Waals surface area contributed by atoms with E-state index >= 15 is 0 Å². The Bertz CT molecular complexity index is 647. The number of para-hydroxylation sites is 1. The lowest BCUT2D eigenvalue weighted by Crippen LogP contribution is -2.09. The Morgan fingerprint density at radius 3 is 2.50 bits per heavy atom. The van der Waals surface area contributed by atoms with Gasteiger partial charge in [-0.1, -0.05) is 18.2 Å². The molecule has 1 atom stereocenters. The molecule has 0 saturated carbocycles. The van der Waals surface area contributed by atoms with Gasteiger partial charge in [0.05, 0.1) is 16.5 Å². The van der Waals surface area contributed by atoms with Gasteiger partial charge in [-0.25, -0.2) is 8.78 Å². The molecule has 0 aliphatic rings. The SMILES string of the molecule is CC(Nc1ccc(F)c(F)c1)c1ccccc1[N+](=O)[O-]. The summed E-state index contributed by atoms with van der Waals surface area (Å²) in [5.41, 5.74) is 0.812. The van der Waals surface area contributed by atoms with E-state index in [1.807, 2.05) is 0 Å². The lowest BCUT2D eigenvalue weighted by atomic mass is 10.1. The van der Waals surface area contributed by atoms with Crippen LogP contribution in [0.3, 0.4) is 0 Å². The zero-order valence-electron chi connectivity index (χ0n) is 10.6. The number of nitro groups is 1. The second-order valence-electron chi connectivity index (χ2n) is 4.31.